The van der Waals surface area contributed by atoms with E-state index in [-0.39, 0.29) is 19.1 Å². The highest BCUT2D eigenvalue weighted by Gasteiger charge is 2.59. The molecule has 1 aromatic carbocycles. The molecule has 5 atom stereocenters. The summed E-state index contributed by atoms with van der Waals surface area (Å²) in [5, 5.41) is 10.1. The molecule has 3 aliphatic rings. The van der Waals surface area contributed by atoms with E-state index in [1.165, 1.54) is 0 Å². The van der Waals surface area contributed by atoms with Crippen LogP contribution in [0, 0.1) is 29.1 Å². The van der Waals surface area contributed by atoms with Gasteiger partial charge in [-0.2, -0.15) is 0 Å². The number of fused-ring (bicyclic) bond motifs is 2. The average Bonchev–Trinajstić information content (AvgIpc) is 3.10. The number of aliphatic carboxylic acids is 1. The number of benzene rings is 1. The van der Waals surface area contributed by atoms with Gasteiger partial charge < -0.3 is 14.6 Å². The lowest BCUT2D eigenvalue weighted by Crippen LogP contribution is -2.44. The molecule has 8 heteroatoms. The monoisotopic (exact) mass is 483 g/mol. The van der Waals surface area contributed by atoms with Crippen LogP contribution < -0.4 is 0 Å². The van der Waals surface area contributed by atoms with Gasteiger partial charge in [-0.3, -0.25) is 14.4 Å². The van der Waals surface area contributed by atoms with Crippen LogP contribution in [0.2, 0.25) is 0 Å². The molecule has 1 heterocycles. The van der Waals surface area contributed by atoms with Gasteiger partial charge in [-0.05, 0) is 51.5 Å². The van der Waals surface area contributed by atoms with E-state index in [1.54, 1.807) is 32.9 Å². The number of carboxylic acid groups (broad SMARTS) is 1. The summed E-state index contributed by atoms with van der Waals surface area (Å²) in [6.07, 6.45) is 4.49. The van der Waals surface area contributed by atoms with Gasteiger partial charge in [0.05, 0.1) is 23.3 Å². The zero-order valence-corrected chi connectivity index (χ0v) is 20.4. The third-order valence-electron chi connectivity index (χ3n) is 7.33. The van der Waals surface area contributed by atoms with Crippen LogP contribution in [0.25, 0.3) is 0 Å². The summed E-state index contributed by atoms with van der Waals surface area (Å²) in [7, 11) is 0. The molecule has 1 saturated heterocycles. The number of hydrogen-bond acceptors (Lipinski definition) is 6. The fourth-order valence-corrected chi connectivity index (χ4v) is 5.59. The first kappa shape index (κ1) is 24.9. The van der Waals surface area contributed by atoms with Crippen molar-refractivity contribution in [1.82, 2.24) is 4.90 Å². The number of imide groups is 1. The van der Waals surface area contributed by atoms with E-state index < -0.39 is 53.1 Å². The van der Waals surface area contributed by atoms with Crippen molar-refractivity contribution < 1.29 is 33.8 Å². The molecule has 188 valence electrons. The summed E-state index contributed by atoms with van der Waals surface area (Å²) in [4.78, 5) is 52.7. The number of allylic oxidation sites excluding steroid dienone is 1. The van der Waals surface area contributed by atoms with E-state index >= 15 is 0 Å². The fraction of sp³-hybridized carbons (Fsp3) is 0.556. The summed E-state index contributed by atoms with van der Waals surface area (Å²) in [6, 6.07) is 8.27. The molecule has 1 aliphatic heterocycles. The maximum atomic E-state index is 13.6. The lowest BCUT2D eigenvalue weighted by atomic mass is 9.63. The molecule has 1 N–H and O–H groups in total. The first-order valence-electron chi connectivity index (χ1n) is 12.2. The van der Waals surface area contributed by atoms with Crippen molar-refractivity contribution >= 4 is 23.9 Å². The molecule has 2 fully saturated rings. The Labute approximate surface area is 205 Å². The van der Waals surface area contributed by atoms with Gasteiger partial charge in [0.2, 0.25) is 5.91 Å². The molecule has 0 unspecified atom stereocenters. The summed E-state index contributed by atoms with van der Waals surface area (Å²) in [6.45, 7) is 4.93. The van der Waals surface area contributed by atoms with Crippen LogP contribution in [-0.2, 0) is 30.5 Å². The fourth-order valence-electron chi connectivity index (χ4n) is 5.59. The first-order valence-corrected chi connectivity index (χ1v) is 12.2. The third kappa shape index (κ3) is 4.97. The Kier molecular flexibility index (Phi) is 7.01. The van der Waals surface area contributed by atoms with Gasteiger partial charge in [0.1, 0.15) is 13.2 Å². The molecule has 8 nitrogen and oxygen atoms in total. The molecule has 1 saturated carbocycles. The minimum absolute atomic E-state index is 0.0284. The molecule has 4 rings (SSSR count). The quantitative estimate of drug-likeness (QED) is 0.494. The van der Waals surface area contributed by atoms with Crippen LogP contribution >= 0.6 is 0 Å². The largest absolute Gasteiger partial charge is 0.481 e. The van der Waals surface area contributed by atoms with Gasteiger partial charge in [0, 0.05) is 5.92 Å². The van der Waals surface area contributed by atoms with Gasteiger partial charge in [-0.1, -0.05) is 48.4 Å². The van der Waals surface area contributed by atoms with Crippen molar-refractivity contribution in [3.05, 3.63) is 47.5 Å². The van der Waals surface area contributed by atoms with Crippen LogP contribution in [0.1, 0.15) is 52.0 Å². The summed E-state index contributed by atoms with van der Waals surface area (Å²) in [5.74, 6) is -4.65. The number of esters is 1. The van der Waals surface area contributed by atoms with Crippen molar-refractivity contribution in [2.24, 2.45) is 29.1 Å². The Morgan fingerprint density at radius 1 is 1.09 bits per heavy atom. The normalized spacial score (nSPS) is 28.0. The smallest absolute Gasteiger partial charge is 0.417 e. The van der Waals surface area contributed by atoms with Crippen LogP contribution in [0.4, 0.5) is 4.79 Å². The Morgan fingerprint density at radius 3 is 2.46 bits per heavy atom. The lowest BCUT2D eigenvalue weighted by Gasteiger charge is -2.39. The maximum Gasteiger partial charge on any atom is 0.417 e. The zero-order valence-electron chi connectivity index (χ0n) is 20.4. The number of hydrogen-bond donors (Lipinski definition) is 1. The van der Waals surface area contributed by atoms with E-state index in [0.717, 1.165) is 35.3 Å². The van der Waals surface area contributed by atoms with Crippen molar-refractivity contribution in [3.63, 3.8) is 0 Å². The van der Waals surface area contributed by atoms with E-state index in [1.807, 2.05) is 24.3 Å². The van der Waals surface area contributed by atoms with Gasteiger partial charge in [0.25, 0.3) is 0 Å². The van der Waals surface area contributed by atoms with Crippen molar-refractivity contribution in [2.45, 2.75) is 59.1 Å². The van der Waals surface area contributed by atoms with Gasteiger partial charge in [0.15, 0.2) is 0 Å². The standard InChI is InChI=1S/C27H33NO7/c1-27(2,3)25(32)34-15-20-19-13-17-11-7-8-12-18(17)22(24(30)31)21(19)23(29)28(20)26(33)35-14-16-9-5-4-6-10-16/h4-6,9-10,13,18-22H,7-8,11-12,14-15H2,1-3H3,(H,30,31)/t18-,19-,20+,21+,22-/m0/s1. The molecular weight excluding hydrogens is 450 g/mol. The van der Waals surface area contributed by atoms with Crippen molar-refractivity contribution in [2.75, 3.05) is 6.61 Å². The highest BCUT2D eigenvalue weighted by molar-refractivity contribution is 5.98. The highest BCUT2D eigenvalue weighted by atomic mass is 16.6. The van der Waals surface area contributed by atoms with Crippen molar-refractivity contribution in [1.29, 1.82) is 0 Å². The van der Waals surface area contributed by atoms with E-state index in [2.05, 4.69) is 0 Å². The number of likely N-dealkylation sites (tertiary alicyclic amines) is 1. The SMILES string of the molecule is CC(C)(C)C(=O)OC[C@@H]1[C@@H]2C=C3CCCC[C@@H]3[C@H](C(=O)O)[C@@H]2C(=O)N1C(=O)OCc1ccccc1. The number of carbonyl (C=O) groups excluding carboxylic acids is 3. The van der Waals surface area contributed by atoms with Gasteiger partial charge >= 0.3 is 18.0 Å². The molecule has 2 aliphatic carbocycles. The molecule has 0 bridgehead atoms. The molecule has 2 amide bonds. The highest BCUT2D eigenvalue weighted by Crippen LogP contribution is 2.50. The van der Waals surface area contributed by atoms with E-state index in [0.29, 0.717) is 6.42 Å². The number of carboxylic acids is 1. The zero-order chi connectivity index (χ0) is 25.3. The Bertz CT molecular complexity index is 1030. The van der Waals surface area contributed by atoms with Crippen LogP contribution in [-0.4, -0.2) is 46.6 Å². The summed E-state index contributed by atoms with van der Waals surface area (Å²) < 4.78 is 11.0. The van der Waals surface area contributed by atoms with Crippen molar-refractivity contribution in [3.8, 4) is 0 Å². The van der Waals surface area contributed by atoms with E-state index in [9.17, 15) is 24.3 Å². The second-order valence-electron chi connectivity index (χ2n) is 10.7. The second-order valence-corrected chi connectivity index (χ2v) is 10.7. The number of carbonyl (C=O) groups is 4. The van der Waals surface area contributed by atoms with E-state index in [4.69, 9.17) is 9.47 Å². The third-order valence-corrected chi connectivity index (χ3v) is 7.33. The van der Waals surface area contributed by atoms with Gasteiger partial charge in [-0.25, -0.2) is 9.69 Å². The summed E-state index contributed by atoms with van der Waals surface area (Å²) >= 11 is 0. The predicted octanol–water partition coefficient (Wildman–Crippen LogP) is 4.19. The van der Waals surface area contributed by atoms with Crippen LogP contribution in [0.5, 0.6) is 0 Å². The average molecular weight is 484 g/mol. The lowest BCUT2D eigenvalue weighted by molar-refractivity contribution is -0.155. The van der Waals surface area contributed by atoms with Crippen LogP contribution in [0.15, 0.2) is 42.0 Å². The molecule has 35 heavy (non-hydrogen) atoms. The Morgan fingerprint density at radius 2 is 1.80 bits per heavy atom. The molecular formula is C27H33NO7. The molecule has 0 spiro atoms. The summed E-state index contributed by atoms with van der Waals surface area (Å²) in [5.41, 5.74) is 1.03. The number of nitrogens with zero attached hydrogens (tertiary/aromatic N) is 1. The predicted molar refractivity (Wildman–Crippen MR) is 126 cm³/mol. The topological polar surface area (TPSA) is 110 Å². The Balaban J connectivity index is 1.65. The second kappa shape index (κ2) is 9.84. The minimum atomic E-state index is -1.03. The van der Waals surface area contributed by atoms with Gasteiger partial charge in [-0.15, -0.1) is 0 Å². The number of amides is 2. The molecule has 0 aromatic heterocycles. The van der Waals surface area contributed by atoms with Crippen LogP contribution in [0.3, 0.4) is 0 Å². The number of rotatable bonds is 5. The number of ether oxygens (including phenoxy) is 2. The minimum Gasteiger partial charge on any atom is -0.481 e. The molecule has 1 aromatic rings. The first-order chi connectivity index (χ1) is 16.6. The Hall–Kier alpha value is -3.16. The maximum absolute atomic E-state index is 13.6. The molecule has 0 radical (unpaired) electrons.